The zero-order valence-electron chi connectivity index (χ0n) is 24.6. The van der Waals surface area contributed by atoms with Crippen molar-refractivity contribution in [2.75, 3.05) is 23.9 Å². The summed E-state index contributed by atoms with van der Waals surface area (Å²) in [7, 11) is 1.55. The van der Waals surface area contributed by atoms with Gasteiger partial charge in [0.25, 0.3) is 0 Å². The summed E-state index contributed by atoms with van der Waals surface area (Å²) in [6.07, 6.45) is 0. The number of benzene rings is 3. The molecule has 2 unspecified atom stereocenters. The van der Waals surface area contributed by atoms with Gasteiger partial charge >= 0.3 is 10.8 Å². The number of aromatic nitrogens is 1. The van der Waals surface area contributed by atoms with Gasteiger partial charge in [-0.15, -0.1) is 0 Å². The van der Waals surface area contributed by atoms with E-state index < -0.39 is 34.9 Å². The summed E-state index contributed by atoms with van der Waals surface area (Å²) in [6, 6.07) is 20.7. The lowest BCUT2D eigenvalue weighted by molar-refractivity contribution is -0.122. The van der Waals surface area contributed by atoms with Crippen molar-refractivity contribution in [1.29, 1.82) is 0 Å². The first-order valence-corrected chi connectivity index (χ1v) is 16.0. The molecular formula is C33H29N3O7S2. The number of rotatable bonds is 8. The summed E-state index contributed by atoms with van der Waals surface area (Å²) >= 11 is 2.12. The maximum Gasteiger partial charge on any atom is 0.338 e. The lowest BCUT2D eigenvalue weighted by Gasteiger charge is -2.30. The van der Waals surface area contributed by atoms with Gasteiger partial charge in [0, 0.05) is 16.5 Å². The van der Waals surface area contributed by atoms with Crippen LogP contribution in [0.3, 0.4) is 0 Å². The Labute approximate surface area is 267 Å². The van der Waals surface area contributed by atoms with Crippen LogP contribution in [0.25, 0.3) is 0 Å². The number of anilines is 2. The number of thioether (sulfide) groups is 1. The number of hydrogen-bond donors (Lipinski definition) is 1. The van der Waals surface area contributed by atoms with Crippen LogP contribution in [0.15, 0.2) is 82.6 Å². The average Bonchev–Trinajstić information content (AvgIpc) is 3.47. The van der Waals surface area contributed by atoms with Gasteiger partial charge < -0.3 is 14.8 Å². The van der Waals surface area contributed by atoms with Crippen LogP contribution in [0, 0.1) is 12.8 Å². The number of ether oxygens (including phenoxy) is 2. The van der Waals surface area contributed by atoms with E-state index >= 15 is 0 Å². The second-order valence-corrected chi connectivity index (χ2v) is 12.8. The number of esters is 1. The highest BCUT2D eigenvalue weighted by Gasteiger charge is 2.56. The Morgan fingerprint density at radius 2 is 1.69 bits per heavy atom. The molecule has 3 atom stereocenters. The third-order valence-corrected chi connectivity index (χ3v) is 10.4. The summed E-state index contributed by atoms with van der Waals surface area (Å²) in [4.78, 5) is 68.2. The first-order valence-electron chi connectivity index (χ1n) is 14.3. The third-order valence-electron chi connectivity index (χ3n) is 7.76. The van der Waals surface area contributed by atoms with Gasteiger partial charge in [0.15, 0.2) is 0 Å². The Balaban J connectivity index is 1.37. The molecule has 3 amide bonds. The van der Waals surface area contributed by atoms with Crippen molar-refractivity contribution < 1.29 is 28.7 Å². The maximum atomic E-state index is 14.1. The molecule has 1 N–H and O–H groups in total. The molecule has 3 heterocycles. The number of carbonyl (C=O) groups is 4. The van der Waals surface area contributed by atoms with Crippen LogP contribution >= 0.6 is 23.1 Å². The molecule has 0 aliphatic carbocycles. The maximum absolute atomic E-state index is 14.1. The monoisotopic (exact) mass is 643 g/mol. The smallest absolute Gasteiger partial charge is 0.338 e. The van der Waals surface area contributed by atoms with E-state index in [2.05, 4.69) is 5.32 Å². The second kappa shape index (κ2) is 12.4. The number of nitrogens with one attached hydrogen (secondary N) is 1. The number of carbonyl (C=O) groups excluding carboxylic acids is 4. The first kappa shape index (κ1) is 30.4. The van der Waals surface area contributed by atoms with Gasteiger partial charge in [0.1, 0.15) is 17.5 Å². The number of amides is 3. The molecule has 2 aliphatic heterocycles. The molecule has 1 saturated heterocycles. The van der Waals surface area contributed by atoms with Crippen LogP contribution in [0.4, 0.5) is 11.4 Å². The van der Waals surface area contributed by atoms with Gasteiger partial charge in [-0.2, -0.15) is 0 Å². The normalized spacial score (nSPS) is 18.7. The van der Waals surface area contributed by atoms with Crippen molar-refractivity contribution in [1.82, 2.24) is 4.57 Å². The van der Waals surface area contributed by atoms with Crippen LogP contribution < -0.4 is 19.8 Å². The predicted molar refractivity (Wildman–Crippen MR) is 171 cm³/mol. The fourth-order valence-corrected chi connectivity index (χ4v) is 8.48. The molecule has 0 bridgehead atoms. The third kappa shape index (κ3) is 5.67. The second-order valence-electron chi connectivity index (χ2n) is 10.6. The van der Waals surface area contributed by atoms with E-state index in [0.29, 0.717) is 32.6 Å². The molecule has 12 heteroatoms. The Morgan fingerprint density at radius 1 is 0.956 bits per heavy atom. The molecule has 3 aromatic carbocycles. The van der Waals surface area contributed by atoms with E-state index in [1.807, 2.05) is 37.3 Å². The minimum absolute atomic E-state index is 0.222. The molecule has 230 valence electrons. The van der Waals surface area contributed by atoms with Crippen molar-refractivity contribution >= 4 is 58.2 Å². The number of fused-ring (bicyclic) bond motifs is 2. The topological polar surface area (TPSA) is 124 Å². The number of aryl methyl sites for hydroxylation is 1. The number of nitrogens with zero attached hydrogens (tertiary/aromatic N) is 2. The van der Waals surface area contributed by atoms with Crippen molar-refractivity contribution in [3.63, 3.8) is 0 Å². The molecule has 45 heavy (non-hydrogen) atoms. The first-order chi connectivity index (χ1) is 21.7. The molecule has 1 fully saturated rings. The van der Waals surface area contributed by atoms with E-state index in [1.165, 1.54) is 16.7 Å². The van der Waals surface area contributed by atoms with Crippen molar-refractivity contribution in [3.8, 4) is 5.75 Å². The van der Waals surface area contributed by atoms with Crippen LogP contribution in [-0.4, -0.2) is 47.2 Å². The Morgan fingerprint density at radius 3 is 2.36 bits per heavy atom. The van der Waals surface area contributed by atoms with Crippen LogP contribution in [0.2, 0.25) is 0 Å². The highest BCUT2D eigenvalue weighted by Crippen LogP contribution is 2.54. The van der Waals surface area contributed by atoms with E-state index in [4.69, 9.17) is 9.47 Å². The molecule has 0 spiro atoms. The number of thiazole rings is 1. The lowest BCUT2D eigenvalue weighted by atomic mass is 9.83. The van der Waals surface area contributed by atoms with Crippen molar-refractivity contribution in [2.24, 2.45) is 5.92 Å². The summed E-state index contributed by atoms with van der Waals surface area (Å²) in [5.74, 6) is -2.52. The van der Waals surface area contributed by atoms with Gasteiger partial charge in [-0.25, -0.2) is 9.69 Å². The minimum atomic E-state index is -0.845. The van der Waals surface area contributed by atoms with E-state index in [9.17, 15) is 24.0 Å². The van der Waals surface area contributed by atoms with E-state index in [0.717, 1.165) is 39.1 Å². The van der Waals surface area contributed by atoms with Gasteiger partial charge in [0.05, 0.1) is 35.9 Å². The number of hydrogen-bond acceptors (Lipinski definition) is 9. The molecule has 10 nitrogen and oxygen atoms in total. The predicted octanol–water partition coefficient (Wildman–Crippen LogP) is 4.84. The Hall–Kier alpha value is -4.68. The van der Waals surface area contributed by atoms with E-state index in [-0.39, 0.29) is 23.9 Å². The zero-order valence-corrected chi connectivity index (χ0v) is 26.3. The molecule has 1 aromatic heterocycles. The fraction of sp³-hybridized carbons (Fsp3) is 0.242. The molecule has 2 aliphatic rings. The van der Waals surface area contributed by atoms with Gasteiger partial charge in [0.2, 0.25) is 17.7 Å². The summed E-state index contributed by atoms with van der Waals surface area (Å²) in [5.41, 5.74) is 2.97. The van der Waals surface area contributed by atoms with Gasteiger partial charge in [-0.05, 0) is 73.5 Å². The highest BCUT2D eigenvalue weighted by molar-refractivity contribution is 8.00. The summed E-state index contributed by atoms with van der Waals surface area (Å²) in [5, 5.41) is 2.49. The van der Waals surface area contributed by atoms with Crippen LogP contribution in [-0.2, 0) is 25.7 Å². The Kier molecular flexibility index (Phi) is 8.34. The van der Waals surface area contributed by atoms with Crippen molar-refractivity contribution in [3.05, 3.63) is 104 Å². The quantitative estimate of drug-likeness (QED) is 0.214. The number of imide groups is 1. The highest BCUT2D eigenvalue weighted by atomic mass is 32.2. The zero-order chi connectivity index (χ0) is 31.8. The van der Waals surface area contributed by atoms with Gasteiger partial charge in [-0.3, -0.25) is 23.7 Å². The summed E-state index contributed by atoms with van der Waals surface area (Å²) < 4.78 is 11.8. The average molecular weight is 644 g/mol. The minimum Gasteiger partial charge on any atom is -0.497 e. The molecule has 6 rings (SSSR count). The SMILES string of the molecule is CCOC(=O)c1ccc(N2C(=O)C3Sc4c(sc(=O)n4CC(=O)Nc4cccc(C)c4)[C@H](c4ccc(OC)cc4)C3C2=O)cc1. The lowest BCUT2D eigenvalue weighted by Crippen LogP contribution is -2.33. The largest absolute Gasteiger partial charge is 0.497 e. The Bertz CT molecular complexity index is 1860. The van der Waals surface area contributed by atoms with Crippen LogP contribution in [0.1, 0.15) is 39.2 Å². The van der Waals surface area contributed by atoms with Crippen LogP contribution in [0.5, 0.6) is 5.75 Å². The van der Waals surface area contributed by atoms with Crippen molar-refractivity contribution in [2.45, 2.75) is 36.6 Å². The van der Waals surface area contributed by atoms with Gasteiger partial charge in [-0.1, -0.05) is 47.4 Å². The fourth-order valence-electron chi connectivity index (χ4n) is 5.71. The molecule has 4 aromatic rings. The standard InChI is InChI=1S/C33H29N3O7S2/c1-4-43-32(40)20-8-12-22(13-9-20)36-29(38)26-25(19-10-14-23(42-3)15-11-19)28-31(44-27(26)30(36)39)35(33(41)45-28)17-24(37)34-21-7-5-6-18(2)16-21/h5-16,25-27H,4,17H2,1-3H3,(H,34,37)/t25-,26?,27?/m1/s1. The molecular weight excluding hydrogens is 615 g/mol. The number of methoxy groups -OCH3 is 1. The molecule has 0 radical (unpaired) electrons. The summed E-state index contributed by atoms with van der Waals surface area (Å²) in [6.45, 7) is 3.60. The van der Waals surface area contributed by atoms with E-state index in [1.54, 1.807) is 44.4 Å². The molecule has 0 saturated carbocycles.